The van der Waals surface area contributed by atoms with Gasteiger partial charge in [-0.2, -0.15) is 13.2 Å². The van der Waals surface area contributed by atoms with E-state index in [-0.39, 0.29) is 12.3 Å². The number of esters is 1. The molecule has 0 bridgehead atoms. The van der Waals surface area contributed by atoms with Crippen LogP contribution in [0.2, 0.25) is 0 Å². The summed E-state index contributed by atoms with van der Waals surface area (Å²) >= 11 is 0. The molecule has 0 aliphatic carbocycles. The number of aliphatic hydroxyl groups excluding tert-OH is 3. The predicted octanol–water partition coefficient (Wildman–Crippen LogP) is 0.358. The summed E-state index contributed by atoms with van der Waals surface area (Å²) in [6.07, 6.45) is -10.7. The second-order valence-corrected chi connectivity index (χ2v) is 6.92. The molecule has 31 heavy (non-hydrogen) atoms. The Balaban J connectivity index is 2.19. The maximum absolute atomic E-state index is 13.6. The van der Waals surface area contributed by atoms with E-state index in [4.69, 9.17) is 9.47 Å². The minimum atomic E-state index is -4.78. The Morgan fingerprint density at radius 1 is 1.23 bits per heavy atom. The molecule has 1 aromatic rings. The van der Waals surface area contributed by atoms with Gasteiger partial charge in [0.1, 0.15) is 24.4 Å². The van der Waals surface area contributed by atoms with E-state index in [1.165, 1.54) is 13.0 Å². The van der Waals surface area contributed by atoms with Gasteiger partial charge in [-0.15, -0.1) is 0 Å². The molecule has 2 aliphatic heterocycles. The van der Waals surface area contributed by atoms with Crippen LogP contribution in [-0.2, 0) is 20.4 Å². The molecule has 170 valence electrons. The smallest absolute Gasteiger partial charge is 0.416 e. The van der Waals surface area contributed by atoms with E-state index in [2.05, 4.69) is 10.6 Å². The van der Waals surface area contributed by atoms with Crippen molar-refractivity contribution in [2.45, 2.75) is 43.6 Å². The van der Waals surface area contributed by atoms with Gasteiger partial charge in [0.25, 0.3) is 0 Å². The van der Waals surface area contributed by atoms with Crippen molar-refractivity contribution in [1.82, 2.24) is 10.6 Å². The minimum Gasteiger partial charge on any atom is -0.463 e. The Morgan fingerprint density at radius 2 is 1.90 bits per heavy atom. The van der Waals surface area contributed by atoms with Gasteiger partial charge in [-0.25, -0.2) is 9.59 Å². The topological polar surface area (TPSA) is 137 Å². The van der Waals surface area contributed by atoms with Crippen molar-refractivity contribution in [3.8, 4) is 0 Å². The number of urea groups is 1. The molecule has 0 aromatic heterocycles. The van der Waals surface area contributed by atoms with Gasteiger partial charge in [0.05, 0.1) is 36.1 Å². The van der Waals surface area contributed by atoms with Crippen LogP contribution in [0.4, 0.5) is 18.0 Å². The molecule has 1 fully saturated rings. The van der Waals surface area contributed by atoms with E-state index in [1.807, 2.05) is 0 Å². The average Bonchev–Trinajstić information content (AvgIpc) is 3.01. The number of nitrogens with one attached hydrogen (secondary N) is 2. The molecular formula is C19H21F3N2O7. The van der Waals surface area contributed by atoms with Crippen LogP contribution < -0.4 is 10.6 Å². The Hall–Kier alpha value is -2.67. The summed E-state index contributed by atoms with van der Waals surface area (Å²) in [4.78, 5) is 25.1. The molecule has 0 spiro atoms. The second-order valence-electron chi connectivity index (χ2n) is 6.92. The first-order valence-electron chi connectivity index (χ1n) is 9.37. The fourth-order valence-electron chi connectivity index (χ4n) is 3.62. The number of alkyl halides is 3. The SMILES string of the molecule is CCOC(=O)C1=C([C@@H]2O[C@H](CO)[C@@H](O)[C@H]2O)NC(=O)N[C@H]1c1ccccc1C(F)(F)F. The number of amides is 2. The molecule has 5 N–H and O–H groups in total. The van der Waals surface area contributed by atoms with Gasteiger partial charge < -0.3 is 35.4 Å². The van der Waals surface area contributed by atoms with Crippen LogP contribution in [0.15, 0.2) is 35.5 Å². The van der Waals surface area contributed by atoms with Gasteiger partial charge in [-0.3, -0.25) is 0 Å². The monoisotopic (exact) mass is 446 g/mol. The van der Waals surface area contributed by atoms with Gasteiger partial charge in [0, 0.05) is 0 Å². The fourth-order valence-corrected chi connectivity index (χ4v) is 3.62. The second kappa shape index (κ2) is 8.83. The number of carbonyl (C=O) groups excluding carboxylic acids is 2. The first-order valence-corrected chi connectivity index (χ1v) is 9.37. The summed E-state index contributed by atoms with van der Waals surface area (Å²) in [5, 5.41) is 34.2. The van der Waals surface area contributed by atoms with Crippen molar-refractivity contribution in [1.29, 1.82) is 0 Å². The first kappa shape index (κ1) is 23.0. The van der Waals surface area contributed by atoms with E-state index in [1.54, 1.807) is 0 Å². The predicted molar refractivity (Wildman–Crippen MR) is 97.3 cm³/mol. The Bertz CT molecular complexity index is 889. The quantitative estimate of drug-likeness (QED) is 0.412. The van der Waals surface area contributed by atoms with Gasteiger partial charge in [0.15, 0.2) is 0 Å². The molecule has 0 saturated carbocycles. The van der Waals surface area contributed by atoms with Crippen molar-refractivity contribution in [3.63, 3.8) is 0 Å². The van der Waals surface area contributed by atoms with Crippen molar-refractivity contribution in [2.75, 3.05) is 13.2 Å². The van der Waals surface area contributed by atoms with Gasteiger partial charge in [0.2, 0.25) is 0 Å². The molecule has 2 amide bonds. The van der Waals surface area contributed by atoms with Gasteiger partial charge >= 0.3 is 18.2 Å². The lowest BCUT2D eigenvalue weighted by Gasteiger charge is -2.33. The Kier molecular flexibility index (Phi) is 6.55. The van der Waals surface area contributed by atoms with E-state index in [0.29, 0.717) is 0 Å². The average molecular weight is 446 g/mol. The summed E-state index contributed by atoms with van der Waals surface area (Å²) in [6, 6.07) is 1.85. The van der Waals surface area contributed by atoms with Crippen LogP contribution in [-0.4, -0.2) is 64.9 Å². The van der Waals surface area contributed by atoms with Crippen LogP contribution in [0, 0.1) is 0 Å². The third-order valence-electron chi connectivity index (χ3n) is 5.00. The molecular weight excluding hydrogens is 425 g/mol. The molecule has 1 saturated heterocycles. The molecule has 9 nitrogen and oxygen atoms in total. The number of aliphatic hydroxyl groups is 3. The molecule has 0 radical (unpaired) electrons. The number of hydrogen-bond donors (Lipinski definition) is 5. The highest BCUT2D eigenvalue weighted by molar-refractivity contribution is 5.95. The third kappa shape index (κ3) is 4.37. The van der Waals surface area contributed by atoms with Crippen LogP contribution in [0.1, 0.15) is 24.1 Å². The van der Waals surface area contributed by atoms with Gasteiger partial charge in [-0.05, 0) is 18.6 Å². The molecule has 12 heteroatoms. The zero-order valence-electron chi connectivity index (χ0n) is 16.2. The highest BCUT2D eigenvalue weighted by Crippen LogP contribution is 2.40. The van der Waals surface area contributed by atoms with Crippen LogP contribution >= 0.6 is 0 Å². The summed E-state index contributed by atoms with van der Waals surface area (Å²) in [6.45, 7) is 0.689. The number of hydrogen-bond acceptors (Lipinski definition) is 7. The van der Waals surface area contributed by atoms with Crippen molar-refractivity contribution in [2.24, 2.45) is 0 Å². The first-order chi connectivity index (χ1) is 14.6. The van der Waals surface area contributed by atoms with E-state index < -0.39 is 71.9 Å². The lowest BCUT2D eigenvalue weighted by Crippen LogP contribution is -2.50. The summed E-state index contributed by atoms with van der Waals surface area (Å²) in [5.41, 5.74) is -2.28. The lowest BCUT2D eigenvalue weighted by atomic mass is 9.89. The van der Waals surface area contributed by atoms with E-state index >= 15 is 0 Å². The molecule has 2 aliphatic rings. The molecule has 1 aromatic carbocycles. The number of carbonyl (C=O) groups is 2. The molecule has 0 unspecified atom stereocenters. The molecule has 3 rings (SSSR count). The van der Waals surface area contributed by atoms with E-state index in [9.17, 15) is 38.1 Å². The molecule has 2 heterocycles. The zero-order chi connectivity index (χ0) is 22.9. The number of benzene rings is 1. The minimum absolute atomic E-state index is 0.118. The normalized spacial score (nSPS) is 28.9. The van der Waals surface area contributed by atoms with Crippen LogP contribution in [0.25, 0.3) is 0 Å². The number of halogens is 3. The summed E-state index contributed by atoms with van der Waals surface area (Å²) < 4.78 is 51.2. The standard InChI is InChI=1S/C19H21F3N2O7/c1-2-30-17(28)11-12(8-5-3-4-6-9(8)19(20,21)22)23-18(29)24-13(11)16-15(27)14(26)10(7-25)31-16/h3-6,10,12,14-16,25-27H,2,7H2,1H3,(H2,23,24,29)/t10-,12+,14-,15-,16+/m1/s1. The van der Waals surface area contributed by atoms with Gasteiger partial charge in [-0.1, -0.05) is 18.2 Å². The largest absolute Gasteiger partial charge is 0.463 e. The highest BCUT2D eigenvalue weighted by atomic mass is 19.4. The highest BCUT2D eigenvalue weighted by Gasteiger charge is 2.49. The lowest BCUT2D eigenvalue weighted by molar-refractivity contribution is -0.141. The maximum atomic E-state index is 13.6. The van der Waals surface area contributed by atoms with Crippen molar-refractivity contribution in [3.05, 3.63) is 46.7 Å². The fraction of sp³-hybridized carbons (Fsp3) is 0.474. The van der Waals surface area contributed by atoms with Crippen molar-refractivity contribution >= 4 is 12.0 Å². The number of rotatable bonds is 5. The third-order valence-corrected chi connectivity index (χ3v) is 5.00. The van der Waals surface area contributed by atoms with Crippen LogP contribution in [0.5, 0.6) is 0 Å². The summed E-state index contributed by atoms with van der Waals surface area (Å²) in [5.74, 6) is -1.05. The zero-order valence-corrected chi connectivity index (χ0v) is 16.2. The summed E-state index contributed by atoms with van der Waals surface area (Å²) in [7, 11) is 0. The Labute approximate surface area is 174 Å². The molecule has 5 atom stereocenters. The van der Waals surface area contributed by atoms with Crippen molar-refractivity contribution < 1.29 is 47.6 Å². The maximum Gasteiger partial charge on any atom is 0.416 e. The number of ether oxygens (including phenoxy) is 2. The van der Waals surface area contributed by atoms with Crippen LogP contribution in [0.3, 0.4) is 0 Å². The Morgan fingerprint density at radius 3 is 2.48 bits per heavy atom. The van der Waals surface area contributed by atoms with E-state index in [0.717, 1.165) is 18.2 Å².